The maximum atomic E-state index is 13.2. The molecule has 0 spiro atoms. The number of aromatic nitrogens is 2. The molecule has 7 nitrogen and oxygen atoms in total. The molecule has 39 heavy (non-hydrogen) atoms. The second kappa shape index (κ2) is 12.9. The van der Waals surface area contributed by atoms with Gasteiger partial charge >= 0.3 is 6.09 Å². The van der Waals surface area contributed by atoms with Gasteiger partial charge in [0, 0.05) is 11.6 Å². The molecule has 0 aliphatic carbocycles. The first-order valence-corrected chi connectivity index (χ1v) is 13.1. The number of para-hydroxylation sites is 1. The van der Waals surface area contributed by atoms with Crippen LogP contribution in [0, 0.1) is 0 Å². The first kappa shape index (κ1) is 27.6. The summed E-state index contributed by atoms with van der Waals surface area (Å²) in [6, 6.07) is 27.4. The lowest BCUT2D eigenvalue weighted by molar-refractivity contribution is 0.0574. The zero-order valence-corrected chi connectivity index (χ0v) is 23.0. The Balaban J connectivity index is 1.49. The normalized spacial score (nSPS) is 11.1. The summed E-state index contributed by atoms with van der Waals surface area (Å²) in [6.45, 7) is 8.63. The molecule has 0 aliphatic heterocycles. The van der Waals surface area contributed by atoms with E-state index in [9.17, 15) is 4.79 Å². The standard InChI is InChI=1S/C32H35N3O4/c1-5-25-13-9-10-14-29(25)37-20-19-35(31(36)39-32(2,3)4)30-21-28(33-23-34-30)26-15-17-27(18-16-26)38-22-24-11-7-6-8-12-24/h6-18,21,23H,5,19-20,22H2,1-4H3. The summed E-state index contributed by atoms with van der Waals surface area (Å²) in [7, 11) is 0. The quantitative estimate of drug-likeness (QED) is 0.220. The van der Waals surface area contributed by atoms with Gasteiger partial charge in [0.1, 0.15) is 42.5 Å². The van der Waals surface area contributed by atoms with Gasteiger partial charge in [0.05, 0.1) is 12.2 Å². The fraction of sp³-hybridized carbons (Fsp3) is 0.281. The van der Waals surface area contributed by atoms with Crippen molar-refractivity contribution in [3.8, 4) is 22.8 Å². The Kier molecular flexibility index (Phi) is 9.15. The highest BCUT2D eigenvalue weighted by molar-refractivity contribution is 5.87. The lowest BCUT2D eigenvalue weighted by atomic mass is 10.1. The van der Waals surface area contributed by atoms with Crippen LogP contribution in [-0.2, 0) is 17.8 Å². The van der Waals surface area contributed by atoms with E-state index in [1.807, 2.05) is 99.6 Å². The Morgan fingerprint density at radius 1 is 0.872 bits per heavy atom. The number of aryl methyl sites for hydroxylation is 1. The smallest absolute Gasteiger partial charge is 0.416 e. The third-order valence-electron chi connectivity index (χ3n) is 5.87. The Hall–Kier alpha value is -4.39. The number of anilines is 1. The number of ether oxygens (including phenoxy) is 3. The molecule has 0 saturated carbocycles. The van der Waals surface area contributed by atoms with Gasteiger partial charge in [-0.05, 0) is 68.7 Å². The van der Waals surface area contributed by atoms with E-state index < -0.39 is 11.7 Å². The van der Waals surface area contributed by atoms with Gasteiger partial charge in [0.2, 0.25) is 0 Å². The predicted octanol–water partition coefficient (Wildman–Crippen LogP) is 7.11. The number of carbonyl (C=O) groups excluding carboxylic acids is 1. The molecule has 1 heterocycles. The monoisotopic (exact) mass is 525 g/mol. The van der Waals surface area contributed by atoms with Gasteiger partial charge in [-0.15, -0.1) is 0 Å². The lowest BCUT2D eigenvalue weighted by Crippen LogP contribution is -2.39. The molecule has 1 aromatic heterocycles. The Labute approximate surface area is 230 Å². The van der Waals surface area contributed by atoms with Gasteiger partial charge in [0.15, 0.2) is 0 Å². The molecule has 0 saturated heterocycles. The molecule has 7 heteroatoms. The van der Waals surface area contributed by atoms with Crippen molar-refractivity contribution in [2.24, 2.45) is 0 Å². The highest BCUT2D eigenvalue weighted by Crippen LogP contribution is 2.25. The van der Waals surface area contributed by atoms with E-state index in [0.29, 0.717) is 18.1 Å². The van der Waals surface area contributed by atoms with E-state index in [2.05, 4.69) is 16.9 Å². The summed E-state index contributed by atoms with van der Waals surface area (Å²) < 4.78 is 17.6. The number of hydrogen-bond donors (Lipinski definition) is 0. The van der Waals surface area contributed by atoms with Crippen LogP contribution in [0.15, 0.2) is 91.3 Å². The molecule has 0 unspecified atom stereocenters. The number of nitrogens with zero attached hydrogens (tertiary/aromatic N) is 3. The van der Waals surface area contributed by atoms with Crippen molar-refractivity contribution in [3.63, 3.8) is 0 Å². The molecular weight excluding hydrogens is 490 g/mol. The van der Waals surface area contributed by atoms with Gasteiger partial charge in [-0.25, -0.2) is 14.8 Å². The second-order valence-electron chi connectivity index (χ2n) is 10.0. The molecule has 202 valence electrons. The van der Waals surface area contributed by atoms with E-state index in [1.165, 1.54) is 11.2 Å². The molecule has 0 N–H and O–H groups in total. The van der Waals surface area contributed by atoms with Crippen LogP contribution in [0.1, 0.15) is 38.8 Å². The summed E-state index contributed by atoms with van der Waals surface area (Å²) in [4.78, 5) is 23.5. The SMILES string of the molecule is CCc1ccccc1OCCN(C(=O)OC(C)(C)C)c1cc(-c2ccc(OCc3ccccc3)cc2)ncn1. The molecule has 1 amide bonds. The number of rotatable bonds is 10. The molecule has 3 aromatic carbocycles. The van der Waals surface area contributed by atoms with Crippen LogP contribution >= 0.6 is 0 Å². The zero-order chi connectivity index (χ0) is 27.7. The van der Waals surface area contributed by atoms with Crippen LogP contribution in [0.4, 0.5) is 10.6 Å². The highest BCUT2D eigenvalue weighted by atomic mass is 16.6. The average Bonchev–Trinajstić information content (AvgIpc) is 2.94. The molecule has 0 atom stereocenters. The third kappa shape index (κ3) is 8.04. The topological polar surface area (TPSA) is 73.8 Å². The Bertz CT molecular complexity index is 1350. The molecule has 0 fully saturated rings. The van der Waals surface area contributed by atoms with Crippen LogP contribution in [0.2, 0.25) is 0 Å². The molecule has 0 bridgehead atoms. The molecule has 4 aromatic rings. The van der Waals surface area contributed by atoms with Crippen LogP contribution in [0.5, 0.6) is 11.5 Å². The van der Waals surface area contributed by atoms with Crippen molar-refractivity contribution in [2.75, 3.05) is 18.1 Å². The predicted molar refractivity (Wildman–Crippen MR) is 153 cm³/mol. The molecular formula is C32H35N3O4. The van der Waals surface area contributed by atoms with Crippen molar-refractivity contribution in [2.45, 2.75) is 46.3 Å². The van der Waals surface area contributed by atoms with Crippen LogP contribution in [0.25, 0.3) is 11.3 Å². The number of benzene rings is 3. The van der Waals surface area contributed by atoms with Gasteiger partial charge in [-0.1, -0.05) is 55.5 Å². The lowest BCUT2D eigenvalue weighted by Gasteiger charge is -2.27. The van der Waals surface area contributed by atoms with Gasteiger partial charge < -0.3 is 14.2 Å². The van der Waals surface area contributed by atoms with Gasteiger partial charge in [-0.2, -0.15) is 0 Å². The summed E-state index contributed by atoms with van der Waals surface area (Å²) in [6.07, 6.45) is 1.82. The molecule has 0 aliphatic rings. The van der Waals surface area contributed by atoms with E-state index >= 15 is 0 Å². The van der Waals surface area contributed by atoms with Crippen molar-refractivity contribution in [1.82, 2.24) is 9.97 Å². The number of amides is 1. The maximum Gasteiger partial charge on any atom is 0.416 e. The Morgan fingerprint density at radius 2 is 1.59 bits per heavy atom. The average molecular weight is 526 g/mol. The number of hydrogen-bond acceptors (Lipinski definition) is 6. The van der Waals surface area contributed by atoms with E-state index in [-0.39, 0.29) is 13.2 Å². The minimum atomic E-state index is -0.656. The second-order valence-corrected chi connectivity index (χ2v) is 10.0. The van der Waals surface area contributed by atoms with Crippen molar-refractivity contribution in [3.05, 3.63) is 102 Å². The van der Waals surface area contributed by atoms with Crippen LogP contribution in [0.3, 0.4) is 0 Å². The minimum absolute atomic E-state index is 0.260. The van der Waals surface area contributed by atoms with Crippen LogP contribution in [-0.4, -0.2) is 34.8 Å². The first-order valence-electron chi connectivity index (χ1n) is 13.1. The van der Waals surface area contributed by atoms with Crippen molar-refractivity contribution in [1.29, 1.82) is 0 Å². The summed E-state index contributed by atoms with van der Waals surface area (Å²) in [5, 5.41) is 0. The molecule has 4 rings (SSSR count). The fourth-order valence-corrected chi connectivity index (χ4v) is 3.92. The van der Waals surface area contributed by atoms with E-state index in [0.717, 1.165) is 34.6 Å². The number of carbonyl (C=O) groups is 1. The van der Waals surface area contributed by atoms with Crippen LogP contribution < -0.4 is 14.4 Å². The third-order valence-corrected chi connectivity index (χ3v) is 5.87. The minimum Gasteiger partial charge on any atom is -0.491 e. The summed E-state index contributed by atoms with van der Waals surface area (Å²) in [5.74, 6) is 2.00. The van der Waals surface area contributed by atoms with E-state index in [4.69, 9.17) is 14.2 Å². The van der Waals surface area contributed by atoms with E-state index in [1.54, 1.807) is 6.07 Å². The maximum absolute atomic E-state index is 13.2. The first-order chi connectivity index (χ1) is 18.8. The highest BCUT2D eigenvalue weighted by Gasteiger charge is 2.25. The Morgan fingerprint density at radius 3 is 2.31 bits per heavy atom. The van der Waals surface area contributed by atoms with Gasteiger partial charge in [-0.3, -0.25) is 4.90 Å². The summed E-state index contributed by atoms with van der Waals surface area (Å²) in [5.41, 5.74) is 3.12. The fourth-order valence-electron chi connectivity index (χ4n) is 3.92. The van der Waals surface area contributed by atoms with Crippen molar-refractivity contribution >= 4 is 11.9 Å². The van der Waals surface area contributed by atoms with Crippen molar-refractivity contribution < 1.29 is 19.0 Å². The zero-order valence-electron chi connectivity index (χ0n) is 23.0. The largest absolute Gasteiger partial charge is 0.491 e. The van der Waals surface area contributed by atoms with Gasteiger partial charge in [0.25, 0.3) is 0 Å². The molecule has 0 radical (unpaired) electrons. The summed E-state index contributed by atoms with van der Waals surface area (Å²) >= 11 is 0.